The number of hydrogen-bond donors (Lipinski definition) is 1. The lowest BCUT2D eigenvalue weighted by molar-refractivity contribution is 0.216. The lowest BCUT2D eigenvalue weighted by Crippen LogP contribution is -2.31. The molecule has 6 heteroatoms. The van der Waals surface area contributed by atoms with Crippen LogP contribution >= 0.6 is 0 Å². The molecule has 1 aliphatic rings. The minimum Gasteiger partial charge on any atom is -0.351 e. The number of rotatable bonds is 2. The molecule has 0 fully saturated rings. The Labute approximate surface area is 107 Å². The average molecular weight is 268 g/mol. The van der Waals surface area contributed by atoms with Crippen LogP contribution in [0.5, 0.6) is 0 Å². The van der Waals surface area contributed by atoms with Gasteiger partial charge in [0.1, 0.15) is 0 Å². The molecule has 2 N–H and O–H groups in total. The van der Waals surface area contributed by atoms with E-state index in [1.54, 1.807) is 19.2 Å². The Morgan fingerprint density at radius 2 is 2.17 bits per heavy atom. The maximum Gasteiger partial charge on any atom is 0.314 e. The molecule has 0 atom stereocenters. The molecule has 1 aromatic rings. The van der Waals surface area contributed by atoms with E-state index in [-0.39, 0.29) is 5.75 Å². The molecule has 0 saturated heterocycles. The summed E-state index contributed by atoms with van der Waals surface area (Å²) < 4.78 is 23.7. The number of urea groups is 1. The van der Waals surface area contributed by atoms with Crippen molar-refractivity contribution in [3.63, 3.8) is 0 Å². The maximum atomic E-state index is 11.8. The first-order valence-corrected chi connectivity index (χ1v) is 7.40. The smallest absolute Gasteiger partial charge is 0.314 e. The monoisotopic (exact) mass is 268 g/mol. The number of nitrogens with two attached hydrogens (primary N) is 1. The zero-order valence-electron chi connectivity index (χ0n) is 10.2. The molecule has 0 unspecified atom stereocenters. The number of amides is 2. The van der Waals surface area contributed by atoms with Gasteiger partial charge in [0.25, 0.3) is 0 Å². The van der Waals surface area contributed by atoms with E-state index < -0.39 is 15.9 Å². The summed E-state index contributed by atoms with van der Waals surface area (Å²) in [5, 5.41) is 0. The van der Waals surface area contributed by atoms with Gasteiger partial charge in [-0.3, -0.25) is 0 Å². The number of benzene rings is 1. The van der Waals surface area contributed by atoms with Crippen molar-refractivity contribution >= 4 is 15.9 Å². The molecule has 1 aliphatic heterocycles. The van der Waals surface area contributed by atoms with Gasteiger partial charge in [-0.15, -0.1) is 0 Å². The molecule has 1 heterocycles. The lowest BCUT2D eigenvalue weighted by Gasteiger charge is -2.19. The van der Waals surface area contributed by atoms with Crippen LogP contribution < -0.4 is 5.73 Å². The second-order valence-electron chi connectivity index (χ2n) is 4.56. The maximum absolute atomic E-state index is 11.8. The minimum atomic E-state index is -3.11. The summed E-state index contributed by atoms with van der Waals surface area (Å²) in [5.41, 5.74) is 6.90. The Balaban J connectivity index is 2.31. The van der Waals surface area contributed by atoms with Crippen molar-refractivity contribution in [2.24, 2.45) is 5.73 Å². The topological polar surface area (TPSA) is 80.5 Å². The Kier molecular flexibility index (Phi) is 3.30. The molecule has 18 heavy (non-hydrogen) atoms. The fraction of sp³-hybridized carbons (Fsp3) is 0.417. The molecule has 2 amide bonds. The molecule has 98 valence electrons. The van der Waals surface area contributed by atoms with Gasteiger partial charge in [-0.25, -0.2) is 13.2 Å². The van der Waals surface area contributed by atoms with E-state index in [9.17, 15) is 13.2 Å². The zero-order valence-corrected chi connectivity index (χ0v) is 11.0. The van der Waals surface area contributed by atoms with E-state index in [0.29, 0.717) is 17.9 Å². The molecule has 0 saturated carbocycles. The number of hydrogen-bond acceptors (Lipinski definition) is 3. The third kappa shape index (κ3) is 2.48. The van der Waals surface area contributed by atoms with E-state index in [1.165, 1.54) is 4.90 Å². The van der Waals surface area contributed by atoms with E-state index in [2.05, 4.69) is 0 Å². The summed E-state index contributed by atoms with van der Waals surface area (Å²) in [7, 11) is -1.50. The fourth-order valence-corrected chi connectivity index (χ4v) is 3.72. The van der Waals surface area contributed by atoms with Crippen LogP contribution in [0.4, 0.5) is 4.79 Å². The van der Waals surface area contributed by atoms with Gasteiger partial charge in [0.15, 0.2) is 9.84 Å². The standard InChI is InChI=1S/C12H16N2O3S/c1-14(12(13)15)8-9-4-5-11-10(7-9)3-2-6-18(11,16)17/h4-5,7H,2-3,6,8H2,1H3,(H2,13,15). The van der Waals surface area contributed by atoms with Crippen LogP contribution in [0, 0.1) is 0 Å². The third-order valence-corrected chi connectivity index (χ3v) is 5.01. The fourth-order valence-electron chi connectivity index (χ4n) is 2.14. The van der Waals surface area contributed by atoms with Crippen LogP contribution in [0.15, 0.2) is 23.1 Å². The second-order valence-corrected chi connectivity index (χ2v) is 6.64. The number of aryl methyl sites for hydroxylation is 1. The highest BCUT2D eigenvalue weighted by Crippen LogP contribution is 2.26. The lowest BCUT2D eigenvalue weighted by atomic mass is 10.1. The van der Waals surface area contributed by atoms with Crippen LogP contribution in [0.1, 0.15) is 17.5 Å². The highest BCUT2D eigenvalue weighted by molar-refractivity contribution is 7.91. The van der Waals surface area contributed by atoms with Gasteiger partial charge in [-0.2, -0.15) is 0 Å². The molecule has 1 aromatic carbocycles. The van der Waals surface area contributed by atoms with Crippen molar-refractivity contribution in [2.45, 2.75) is 24.3 Å². The summed E-state index contributed by atoms with van der Waals surface area (Å²) >= 11 is 0. The molecule has 0 radical (unpaired) electrons. The predicted octanol–water partition coefficient (Wildman–Crippen LogP) is 0.917. The summed E-state index contributed by atoms with van der Waals surface area (Å²) in [6, 6.07) is 4.72. The van der Waals surface area contributed by atoms with Gasteiger partial charge >= 0.3 is 6.03 Å². The first kappa shape index (κ1) is 12.9. The zero-order chi connectivity index (χ0) is 13.3. The number of carbonyl (C=O) groups is 1. The molecule has 0 aliphatic carbocycles. The molecule has 0 spiro atoms. The van der Waals surface area contributed by atoms with E-state index in [0.717, 1.165) is 17.5 Å². The highest BCUT2D eigenvalue weighted by Gasteiger charge is 2.23. The van der Waals surface area contributed by atoms with Crippen molar-refractivity contribution in [1.29, 1.82) is 0 Å². The van der Waals surface area contributed by atoms with Crippen LogP contribution in [0.2, 0.25) is 0 Å². The summed E-state index contributed by atoms with van der Waals surface area (Å²) in [6.45, 7) is 0.392. The van der Waals surface area contributed by atoms with Crippen molar-refractivity contribution in [3.05, 3.63) is 29.3 Å². The van der Waals surface area contributed by atoms with Crippen LogP contribution in [-0.4, -0.2) is 32.1 Å². The van der Waals surface area contributed by atoms with Crippen molar-refractivity contribution in [3.8, 4) is 0 Å². The van der Waals surface area contributed by atoms with Crippen molar-refractivity contribution < 1.29 is 13.2 Å². The normalized spacial score (nSPS) is 16.9. The first-order chi connectivity index (χ1) is 8.40. The minimum absolute atomic E-state index is 0.223. The van der Waals surface area contributed by atoms with E-state index >= 15 is 0 Å². The summed E-state index contributed by atoms with van der Waals surface area (Å²) in [6.07, 6.45) is 1.42. The summed E-state index contributed by atoms with van der Waals surface area (Å²) in [5.74, 6) is 0.223. The Morgan fingerprint density at radius 3 is 2.83 bits per heavy atom. The predicted molar refractivity (Wildman–Crippen MR) is 67.9 cm³/mol. The third-order valence-electron chi connectivity index (χ3n) is 3.12. The number of fused-ring (bicyclic) bond motifs is 1. The van der Waals surface area contributed by atoms with Crippen LogP contribution in [0.3, 0.4) is 0 Å². The Hall–Kier alpha value is -1.56. The SMILES string of the molecule is CN(Cc1ccc2c(c1)CCCS2(=O)=O)C(N)=O. The molecular formula is C12H16N2O3S. The van der Waals surface area contributed by atoms with Gasteiger partial charge in [-0.1, -0.05) is 12.1 Å². The van der Waals surface area contributed by atoms with E-state index in [1.807, 2.05) is 6.07 Å². The van der Waals surface area contributed by atoms with Gasteiger partial charge in [-0.05, 0) is 30.0 Å². The highest BCUT2D eigenvalue weighted by atomic mass is 32.2. The second kappa shape index (κ2) is 4.61. The number of primary amides is 1. The largest absolute Gasteiger partial charge is 0.351 e. The molecular weight excluding hydrogens is 252 g/mol. The van der Waals surface area contributed by atoms with Crippen LogP contribution in [0.25, 0.3) is 0 Å². The van der Waals surface area contributed by atoms with Gasteiger partial charge < -0.3 is 10.6 Å². The van der Waals surface area contributed by atoms with Crippen molar-refractivity contribution in [1.82, 2.24) is 4.90 Å². The van der Waals surface area contributed by atoms with Gasteiger partial charge in [0.2, 0.25) is 0 Å². The van der Waals surface area contributed by atoms with Gasteiger partial charge in [0.05, 0.1) is 10.6 Å². The Bertz CT molecular complexity index is 581. The molecule has 0 bridgehead atoms. The number of nitrogens with zero attached hydrogens (tertiary/aromatic N) is 1. The Morgan fingerprint density at radius 1 is 1.44 bits per heavy atom. The number of carbonyl (C=O) groups excluding carboxylic acids is 1. The number of sulfone groups is 1. The molecule has 5 nitrogen and oxygen atoms in total. The van der Waals surface area contributed by atoms with Crippen molar-refractivity contribution in [2.75, 3.05) is 12.8 Å². The van der Waals surface area contributed by atoms with Crippen LogP contribution in [-0.2, 0) is 22.8 Å². The molecule has 0 aromatic heterocycles. The first-order valence-electron chi connectivity index (χ1n) is 5.75. The molecule has 2 rings (SSSR count). The average Bonchev–Trinajstić information content (AvgIpc) is 2.28. The van der Waals surface area contributed by atoms with Gasteiger partial charge in [0, 0.05) is 13.6 Å². The summed E-state index contributed by atoms with van der Waals surface area (Å²) in [4.78, 5) is 12.8. The van der Waals surface area contributed by atoms with E-state index in [4.69, 9.17) is 5.73 Å². The quantitative estimate of drug-likeness (QED) is 0.866.